The van der Waals surface area contributed by atoms with E-state index in [1.54, 1.807) is 13.3 Å². The van der Waals surface area contributed by atoms with Crippen molar-refractivity contribution < 1.29 is 4.74 Å². The van der Waals surface area contributed by atoms with Crippen LogP contribution in [-0.2, 0) is 11.3 Å². The van der Waals surface area contributed by atoms with Gasteiger partial charge in [-0.1, -0.05) is 0 Å². The van der Waals surface area contributed by atoms with Gasteiger partial charge in [0.05, 0.1) is 6.20 Å². The number of H-pyrrole nitrogens is 1. The Hall–Kier alpha value is -1.14. The van der Waals surface area contributed by atoms with E-state index in [9.17, 15) is 0 Å². The first-order valence-electron chi connectivity index (χ1n) is 5.19. The summed E-state index contributed by atoms with van der Waals surface area (Å²) in [5, 5.41) is 10.6. The summed E-state index contributed by atoms with van der Waals surface area (Å²) in [5.74, 6) is 0. The van der Waals surface area contributed by atoms with Gasteiger partial charge in [0, 0.05) is 45.6 Å². The summed E-state index contributed by atoms with van der Waals surface area (Å²) in [6, 6.07) is 0. The van der Waals surface area contributed by atoms with Crippen molar-refractivity contribution in [2.75, 3.05) is 27.3 Å². The minimum Gasteiger partial charge on any atom is -0.385 e. The maximum Gasteiger partial charge on any atom is 0.168 e. The average molecular weight is 242 g/mol. The Morgan fingerprint density at radius 3 is 3.12 bits per heavy atom. The largest absolute Gasteiger partial charge is 0.385 e. The molecule has 0 unspecified atom stereocenters. The van der Waals surface area contributed by atoms with Crippen molar-refractivity contribution in [3.8, 4) is 0 Å². The summed E-state index contributed by atoms with van der Waals surface area (Å²) < 4.78 is 4.96. The van der Waals surface area contributed by atoms with Gasteiger partial charge in [0.25, 0.3) is 0 Å². The predicted octanol–water partition coefficient (Wildman–Crippen LogP) is 0.752. The number of aromatic nitrogens is 2. The second-order valence-electron chi connectivity index (χ2n) is 3.54. The van der Waals surface area contributed by atoms with Crippen molar-refractivity contribution >= 4 is 17.3 Å². The summed E-state index contributed by atoms with van der Waals surface area (Å²) in [5.41, 5.74) is 1.11. The van der Waals surface area contributed by atoms with Crippen LogP contribution in [0.15, 0.2) is 12.4 Å². The van der Waals surface area contributed by atoms with E-state index in [2.05, 4.69) is 15.5 Å². The Morgan fingerprint density at radius 2 is 2.50 bits per heavy atom. The highest BCUT2D eigenvalue weighted by molar-refractivity contribution is 7.80. The number of ether oxygens (including phenoxy) is 1. The number of rotatable bonds is 6. The molecular formula is C10H18N4OS. The van der Waals surface area contributed by atoms with E-state index in [0.29, 0.717) is 0 Å². The zero-order valence-corrected chi connectivity index (χ0v) is 10.5. The molecule has 1 heterocycles. The van der Waals surface area contributed by atoms with Gasteiger partial charge < -0.3 is 15.0 Å². The van der Waals surface area contributed by atoms with Crippen LogP contribution in [0.1, 0.15) is 12.0 Å². The fraction of sp³-hybridized carbons (Fsp3) is 0.600. The minimum atomic E-state index is 0.748. The Morgan fingerprint density at radius 1 is 1.69 bits per heavy atom. The molecule has 5 nitrogen and oxygen atoms in total. The van der Waals surface area contributed by atoms with E-state index in [0.717, 1.165) is 36.8 Å². The quantitative estimate of drug-likeness (QED) is 0.569. The van der Waals surface area contributed by atoms with E-state index in [1.807, 2.05) is 18.1 Å². The maximum atomic E-state index is 5.24. The van der Waals surface area contributed by atoms with Crippen LogP contribution in [-0.4, -0.2) is 47.5 Å². The molecule has 0 saturated carbocycles. The van der Waals surface area contributed by atoms with Crippen LogP contribution in [0.4, 0.5) is 0 Å². The van der Waals surface area contributed by atoms with Gasteiger partial charge in [-0.2, -0.15) is 5.10 Å². The molecule has 1 aromatic heterocycles. The number of hydrogen-bond acceptors (Lipinski definition) is 3. The van der Waals surface area contributed by atoms with Gasteiger partial charge in [-0.25, -0.2) is 0 Å². The molecule has 1 rings (SSSR count). The molecule has 0 aliphatic rings. The van der Waals surface area contributed by atoms with Gasteiger partial charge in [-0.3, -0.25) is 5.10 Å². The number of hydrogen-bond donors (Lipinski definition) is 2. The predicted molar refractivity (Wildman–Crippen MR) is 67.1 cm³/mol. The Labute approximate surface area is 101 Å². The lowest BCUT2D eigenvalue weighted by Crippen LogP contribution is -2.37. The van der Waals surface area contributed by atoms with Crippen LogP contribution in [0.2, 0.25) is 0 Å². The van der Waals surface area contributed by atoms with Crippen LogP contribution in [0.5, 0.6) is 0 Å². The zero-order valence-electron chi connectivity index (χ0n) is 9.69. The van der Waals surface area contributed by atoms with E-state index >= 15 is 0 Å². The average Bonchev–Trinajstić information content (AvgIpc) is 2.76. The molecule has 0 radical (unpaired) electrons. The van der Waals surface area contributed by atoms with Gasteiger partial charge in [0.1, 0.15) is 0 Å². The first kappa shape index (κ1) is 12.9. The summed E-state index contributed by atoms with van der Waals surface area (Å²) in [6.45, 7) is 2.34. The van der Waals surface area contributed by atoms with Crippen molar-refractivity contribution in [3.63, 3.8) is 0 Å². The van der Waals surface area contributed by atoms with E-state index in [1.165, 1.54) is 0 Å². The number of nitrogens with one attached hydrogen (secondary N) is 2. The first-order chi connectivity index (χ1) is 7.74. The molecule has 0 aliphatic heterocycles. The highest BCUT2D eigenvalue weighted by Gasteiger charge is 2.04. The summed E-state index contributed by atoms with van der Waals surface area (Å²) >= 11 is 5.24. The molecule has 0 amide bonds. The van der Waals surface area contributed by atoms with Crippen molar-refractivity contribution in [1.29, 1.82) is 0 Å². The van der Waals surface area contributed by atoms with Gasteiger partial charge in [0.15, 0.2) is 5.11 Å². The second kappa shape index (κ2) is 7.19. The SMILES string of the molecule is COCCCNC(=S)N(C)Cc1cn[nH]c1. The van der Waals surface area contributed by atoms with E-state index < -0.39 is 0 Å². The molecule has 0 fully saturated rings. The Bertz CT molecular complexity index is 302. The zero-order chi connectivity index (χ0) is 11.8. The molecule has 1 aromatic rings. The monoisotopic (exact) mass is 242 g/mol. The number of methoxy groups -OCH3 is 1. The molecule has 16 heavy (non-hydrogen) atoms. The topological polar surface area (TPSA) is 53.2 Å². The van der Waals surface area contributed by atoms with Crippen molar-refractivity contribution in [2.24, 2.45) is 0 Å². The lowest BCUT2D eigenvalue weighted by molar-refractivity contribution is 0.195. The molecule has 0 bridgehead atoms. The Kier molecular flexibility index (Phi) is 5.81. The summed E-state index contributed by atoms with van der Waals surface area (Å²) in [7, 11) is 3.65. The van der Waals surface area contributed by atoms with Crippen LogP contribution < -0.4 is 5.32 Å². The lowest BCUT2D eigenvalue weighted by atomic mass is 10.3. The first-order valence-corrected chi connectivity index (χ1v) is 5.60. The third-order valence-electron chi connectivity index (χ3n) is 2.12. The van der Waals surface area contributed by atoms with E-state index in [4.69, 9.17) is 17.0 Å². The lowest BCUT2D eigenvalue weighted by Gasteiger charge is -2.20. The molecule has 6 heteroatoms. The van der Waals surface area contributed by atoms with Crippen LogP contribution in [0, 0.1) is 0 Å². The minimum absolute atomic E-state index is 0.748. The maximum absolute atomic E-state index is 5.24. The van der Waals surface area contributed by atoms with Crippen LogP contribution >= 0.6 is 12.2 Å². The fourth-order valence-corrected chi connectivity index (χ4v) is 1.42. The second-order valence-corrected chi connectivity index (χ2v) is 3.93. The highest BCUT2D eigenvalue weighted by atomic mass is 32.1. The molecule has 0 spiro atoms. The number of aromatic amines is 1. The molecule has 2 N–H and O–H groups in total. The molecular weight excluding hydrogens is 224 g/mol. The van der Waals surface area contributed by atoms with Gasteiger partial charge >= 0.3 is 0 Å². The van der Waals surface area contributed by atoms with Crippen molar-refractivity contribution in [3.05, 3.63) is 18.0 Å². The van der Waals surface area contributed by atoms with Crippen molar-refractivity contribution in [1.82, 2.24) is 20.4 Å². The number of thiocarbonyl (C=S) groups is 1. The number of nitrogens with zero attached hydrogens (tertiary/aromatic N) is 2. The third kappa shape index (κ3) is 4.59. The van der Waals surface area contributed by atoms with Crippen LogP contribution in [0.25, 0.3) is 0 Å². The molecule has 0 aromatic carbocycles. The van der Waals surface area contributed by atoms with Gasteiger partial charge in [-0.05, 0) is 18.6 Å². The van der Waals surface area contributed by atoms with E-state index in [-0.39, 0.29) is 0 Å². The molecule has 0 aliphatic carbocycles. The summed E-state index contributed by atoms with van der Waals surface area (Å²) in [4.78, 5) is 1.98. The third-order valence-corrected chi connectivity index (χ3v) is 2.58. The van der Waals surface area contributed by atoms with Gasteiger partial charge in [-0.15, -0.1) is 0 Å². The molecule has 90 valence electrons. The standard InChI is InChI=1S/C10H18N4OS/c1-14(8-9-6-12-13-7-9)10(16)11-4-3-5-15-2/h6-7H,3-5,8H2,1-2H3,(H,11,16)(H,12,13). The fourth-order valence-electron chi connectivity index (χ4n) is 1.26. The van der Waals surface area contributed by atoms with Crippen molar-refractivity contribution in [2.45, 2.75) is 13.0 Å². The van der Waals surface area contributed by atoms with Gasteiger partial charge in [0.2, 0.25) is 0 Å². The highest BCUT2D eigenvalue weighted by Crippen LogP contribution is 1.99. The van der Waals surface area contributed by atoms with Crippen LogP contribution in [0.3, 0.4) is 0 Å². The molecule has 0 saturated heterocycles. The smallest absolute Gasteiger partial charge is 0.168 e. The summed E-state index contributed by atoms with van der Waals surface area (Å²) in [6.07, 6.45) is 4.62. The molecule has 0 atom stereocenters. The Balaban J connectivity index is 2.20. The normalized spacial score (nSPS) is 10.1.